The molecule has 66 valence electrons. The van der Waals surface area contributed by atoms with Crippen molar-refractivity contribution in [1.29, 1.82) is 0 Å². The number of hydrogen-bond donors (Lipinski definition) is 0. The van der Waals surface area contributed by atoms with Gasteiger partial charge < -0.3 is 4.74 Å². The van der Waals surface area contributed by atoms with Crippen molar-refractivity contribution >= 4 is 0 Å². The molecule has 0 aromatic rings. The molecule has 1 heterocycles. The lowest BCUT2D eigenvalue weighted by Gasteiger charge is -2.19. The molecular formula is C8H18N2O. The molecule has 3 nitrogen and oxygen atoms in total. The molecule has 1 rings (SSSR count). The van der Waals surface area contributed by atoms with Crippen molar-refractivity contribution in [2.45, 2.75) is 12.5 Å². The van der Waals surface area contributed by atoms with Crippen molar-refractivity contribution in [1.82, 2.24) is 9.80 Å². The van der Waals surface area contributed by atoms with Crippen molar-refractivity contribution < 1.29 is 4.74 Å². The summed E-state index contributed by atoms with van der Waals surface area (Å²) in [6.45, 7) is 3.32. The lowest BCUT2D eigenvalue weighted by Crippen LogP contribution is -2.32. The van der Waals surface area contributed by atoms with Gasteiger partial charge in [-0.05, 0) is 20.5 Å². The van der Waals surface area contributed by atoms with Gasteiger partial charge >= 0.3 is 0 Å². The SMILES string of the molecule is COC1CCN(CN(C)C)C1. The predicted octanol–water partition coefficient (Wildman–Crippen LogP) is 0.226. The number of hydrogen-bond acceptors (Lipinski definition) is 3. The second-order valence-electron chi connectivity index (χ2n) is 3.44. The standard InChI is InChI=1S/C8H18N2O/c1-9(2)7-10-5-4-8(6-10)11-3/h8H,4-7H2,1-3H3. The molecule has 1 atom stereocenters. The first-order valence-electron chi connectivity index (χ1n) is 4.12. The summed E-state index contributed by atoms with van der Waals surface area (Å²) in [4.78, 5) is 4.60. The highest BCUT2D eigenvalue weighted by Crippen LogP contribution is 2.10. The van der Waals surface area contributed by atoms with E-state index < -0.39 is 0 Å². The van der Waals surface area contributed by atoms with Crippen LogP contribution in [0.1, 0.15) is 6.42 Å². The van der Waals surface area contributed by atoms with E-state index >= 15 is 0 Å². The Hall–Kier alpha value is -0.120. The topological polar surface area (TPSA) is 15.7 Å². The molecule has 0 radical (unpaired) electrons. The highest BCUT2D eigenvalue weighted by molar-refractivity contribution is 4.74. The number of ether oxygens (including phenoxy) is 1. The van der Waals surface area contributed by atoms with E-state index in [1.807, 2.05) is 0 Å². The second-order valence-corrected chi connectivity index (χ2v) is 3.44. The van der Waals surface area contributed by atoms with E-state index in [9.17, 15) is 0 Å². The Bertz CT molecular complexity index is 117. The van der Waals surface area contributed by atoms with E-state index in [1.54, 1.807) is 7.11 Å². The van der Waals surface area contributed by atoms with Crippen LogP contribution < -0.4 is 0 Å². The summed E-state index contributed by atoms with van der Waals surface area (Å²) < 4.78 is 5.26. The van der Waals surface area contributed by atoms with E-state index in [1.165, 1.54) is 13.0 Å². The minimum atomic E-state index is 0.468. The number of nitrogens with zero attached hydrogens (tertiary/aromatic N) is 2. The summed E-state index contributed by atoms with van der Waals surface area (Å²) in [5, 5.41) is 0. The Balaban J connectivity index is 2.19. The van der Waals surface area contributed by atoms with Gasteiger partial charge in [0.2, 0.25) is 0 Å². The van der Waals surface area contributed by atoms with Crippen LogP contribution in [0.15, 0.2) is 0 Å². The van der Waals surface area contributed by atoms with Crippen LogP contribution in [-0.4, -0.2) is 56.9 Å². The van der Waals surface area contributed by atoms with Crippen LogP contribution in [0, 0.1) is 0 Å². The maximum absolute atomic E-state index is 5.26. The van der Waals surface area contributed by atoms with E-state index in [-0.39, 0.29) is 0 Å². The molecule has 0 aromatic carbocycles. The maximum atomic E-state index is 5.26. The molecule has 1 saturated heterocycles. The first kappa shape index (κ1) is 8.97. The van der Waals surface area contributed by atoms with Gasteiger partial charge in [-0.2, -0.15) is 0 Å². The molecule has 1 aliphatic rings. The maximum Gasteiger partial charge on any atom is 0.0710 e. The van der Waals surface area contributed by atoms with Gasteiger partial charge in [0.25, 0.3) is 0 Å². The Morgan fingerprint density at radius 3 is 2.73 bits per heavy atom. The number of rotatable bonds is 3. The predicted molar refractivity (Wildman–Crippen MR) is 45.5 cm³/mol. The zero-order valence-corrected chi connectivity index (χ0v) is 7.71. The summed E-state index contributed by atoms with van der Waals surface area (Å²) in [6, 6.07) is 0. The van der Waals surface area contributed by atoms with Gasteiger partial charge in [-0.25, -0.2) is 0 Å². The quantitative estimate of drug-likeness (QED) is 0.584. The highest BCUT2D eigenvalue weighted by Gasteiger charge is 2.21. The number of methoxy groups -OCH3 is 1. The molecule has 1 fully saturated rings. The van der Waals surface area contributed by atoms with Gasteiger partial charge in [0, 0.05) is 20.2 Å². The van der Waals surface area contributed by atoms with Crippen LogP contribution in [0.4, 0.5) is 0 Å². The van der Waals surface area contributed by atoms with Gasteiger partial charge in [-0.3, -0.25) is 9.80 Å². The Kier molecular flexibility index (Phi) is 3.30. The largest absolute Gasteiger partial charge is 0.380 e. The van der Waals surface area contributed by atoms with E-state index in [2.05, 4.69) is 23.9 Å². The zero-order valence-electron chi connectivity index (χ0n) is 7.71. The molecular weight excluding hydrogens is 140 g/mol. The summed E-state index contributed by atoms with van der Waals surface area (Å²) >= 11 is 0. The smallest absolute Gasteiger partial charge is 0.0710 e. The first-order valence-corrected chi connectivity index (χ1v) is 4.12. The van der Waals surface area contributed by atoms with Gasteiger partial charge in [0.05, 0.1) is 12.8 Å². The lowest BCUT2D eigenvalue weighted by molar-refractivity contribution is 0.100. The van der Waals surface area contributed by atoms with Gasteiger partial charge in [0.1, 0.15) is 0 Å². The van der Waals surface area contributed by atoms with Crippen LogP contribution in [0.5, 0.6) is 0 Å². The third-order valence-electron chi connectivity index (χ3n) is 2.05. The zero-order chi connectivity index (χ0) is 8.27. The fourth-order valence-corrected chi connectivity index (χ4v) is 1.52. The van der Waals surface area contributed by atoms with Crippen LogP contribution in [-0.2, 0) is 4.74 Å². The third-order valence-corrected chi connectivity index (χ3v) is 2.05. The van der Waals surface area contributed by atoms with Crippen molar-refractivity contribution in [3.8, 4) is 0 Å². The molecule has 0 spiro atoms. The molecule has 0 saturated carbocycles. The average molecular weight is 158 g/mol. The van der Waals surface area contributed by atoms with E-state index in [0.717, 1.165) is 13.2 Å². The minimum absolute atomic E-state index is 0.468. The van der Waals surface area contributed by atoms with Crippen molar-refractivity contribution in [3.63, 3.8) is 0 Å². The molecule has 0 amide bonds. The van der Waals surface area contributed by atoms with Crippen LogP contribution >= 0.6 is 0 Å². The van der Waals surface area contributed by atoms with Gasteiger partial charge in [0.15, 0.2) is 0 Å². The van der Waals surface area contributed by atoms with E-state index in [4.69, 9.17) is 4.74 Å². The minimum Gasteiger partial charge on any atom is -0.380 e. The average Bonchev–Trinajstić information content (AvgIpc) is 2.34. The van der Waals surface area contributed by atoms with Crippen molar-refractivity contribution in [3.05, 3.63) is 0 Å². The molecule has 0 N–H and O–H groups in total. The fraction of sp³-hybridized carbons (Fsp3) is 1.00. The van der Waals surface area contributed by atoms with Gasteiger partial charge in [-0.1, -0.05) is 0 Å². The van der Waals surface area contributed by atoms with Crippen LogP contribution in [0.2, 0.25) is 0 Å². The Labute approximate surface area is 68.9 Å². The normalized spacial score (nSPS) is 26.7. The highest BCUT2D eigenvalue weighted by atomic mass is 16.5. The molecule has 0 aliphatic carbocycles. The number of likely N-dealkylation sites (tertiary alicyclic amines) is 1. The molecule has 0 aromatic heterocycles. The molecule has 11 heavy (non-hydrogen) atoms. The molecule has 1 aliphatic heterocycles. The summed E-state index contributed by atoms with van der Waals surface area (Å²) in [5.74, 6) is 0. The van der Waals surface area contributed by atoms with E-state index in [0.29, 0.717) is 6.10 Å². The lowest BCUT2D eigenvalue weighted by atomic mass is 10.3. The summed E-state index contributed by atoms with van der Waals surface area (Å²) in [7, 11) is 5.99. The molecule has 3 heteroatoms. The monoisotopic (exact) mass is 158 g/mol. The Morgan fingerprint density at radius 2 is 2.27 bits per heavy atom. The third kappa shape index (κ3) is 2.77. The molecule has 1 unspecified atom stereocenters. The summed E-state index contributed by atoms with van der Waals surface area (Å²) in [5.41, 5.74) is 0. The second kappa shape index (κ2) is 4.04. The van der Waals surface area contributed by atoms with Gasteiger partial charge in [-0.15, -0.1) is 0 Å². The first-order chi connectivity index (χ1) is 5.22. The summed E-state index contributed by atoms with van der Waals surface area (Å²) in [6.07, 6.45) is 1.65. The van der Waals surface area contributed by atoms with Crippen LogP contribution in [0.3, 0.4) is 0 Å². The van der Waals surface area contributed by atoms with Crippen LogP contribution in [0.25, 0.3) is 0 Å². The Morgan fingerprint density at radius 1 is 1.55 bits per heavy atom. The van der Waals surface area contributed by atoms with Crippen molar-refractivity contribution in [2.24, 2.45) is 0 Å². The molecule has 0 bridgehead atoms. The van der Waals surface area contributed by atoms with Crippen molar-refractivity contribution in [2.75, 3.05) is 41.0 Å². The fourth-order valence-electron chi connectivity index (χ4n) is 1.52.